The second-order valence-corrected chi connectivity index (χ2v) is 6.60. The Bertz CT molecular complexity index is 537. The van der Waals surface area contributed by atoms with Crippen molar-refractivity contribution in [3.63, 3.8) is 0 Å². The normalized spacial score (nSPS) is 10.5. The largest absolute Gasteiger partial charge is 0.378 e. The average Bonchev–Trinajstić information content (AvgIpc) is 2.53. The first kappa shape index (κ1) is 20.0. The maximum Gasteiger partial charge on any atom is 0.224 e. The first-order valence-corrected chi connectivity index (χ1v) is 8.75. The van der Waals surface area contributed by atoms with Crippen LogP contribution in [-0.2, 0) is 9.59 Å². The predicted octanol–water partition coefficient (Wildman–Crippen LogP) is 3.91. The number of carbonyl (C=O) groups is 2. The lowest BCUT2D eigenvalue weighted by atomic mass is 10.1. The van der Waals surface area contributed by atoms with Crippen LogP contribution in [-0.4, -0.2) is 32.5 Å². The molecule has 0 bridgehead atoms. The minimum absolute atomic E-state index is 0. The number of rotatable bonds is 10. The van der Waals surface area contributed by atoms with Gasteiger partial charge in [-0.3, -0.25) is 9.59 Å². The second-order valence-electron chi connectivity index (χ2n) is 6.60. The fourth-order valence-electron chi connectivity index (χ4n) is 2.27. The quantitative estimate of drug-likeness (QED) is 0.636. The maximum absolute atomic E-state index is 12.0. The standard InChI is InChI=1S/C19H31N3O2.2H2/c1-15(2)19(24)20-13-8-6-5-7-12-18(23)21-16-10-9-11-17(14-16)22(3)4;;/h9-11,14-15H,5-8,12-13H2,1-4H3,(H,20,24)(H,21,23);2*1H. The van der Waals surface area contributed by atoms with Gasteiger partial charge in [0.25, 0.3) is 0 Å². The number of unbranched alkanes of at least 4 members (excludes halogenated alkanes) is 3. The van der Waals surface area contributed by atoms with Crippen molar-refractivity contribution in [3.05, 3.63) is 24.3 Å². The van der Waals surface area contributed by atoms with Gasteiger partial charge in [0.1, 0.15) is 0 Å². The molecule has 0 aliphatic heterocycles. The Hall–Kier alpha value is -2.04. The molecule has 0 heterocycles. The van der Waals surface area contributed by atoms with Crippen molar-refractivity contribution in [2.75, 3.05) is 30.9 Å². The van der Waals surface area contributed by atoms with Gasteiger partial charge in [-0.05, 0) is 31.0 Å². The molecule has 0 radical (unpaired) electrons. The van der Waals surface area contributed by atoms with E-state index in [9.17, 15) is 9.59 Å². The predicted molar refractivity (Wildman–Crippen MR) is 105 cm³/mol. The highest BCUT2D eigenvalue weighted by molar-refractivity contribution is 5.91. The average molecular weight is 338 g/mol. The van der Waals surface area contributed by atoms with Gasteiger partial charge >= 0.3 is 0 Å². The Balaban J connectivity index is 0. The minimum Gasteiger partial charge on any atom is -0.378 e. The van der Waals surface area contributed by atoms with Crippen molar-refractivity contribution < 1.29 is 12.4 Å². The molecule has 1 aromatic rings. The molecule has 24 heavy (non-hydrogen) atoms. The first-order valence-electron chi connectivity index (χ1n) is 8.75. The van der Waals surface area contributed by atoms with Crippen molar-refractivity contribution >= 4 is 23.2 Å². The summed E-state index contributed by atoms with van der Waals surface area (Å²) in [6.45, 7) is 4.50. The zero-order valence-corrected chi connectivity index (χ0v) is 15.4. The third-order valence-corrected chi connectivity index (χ3v) is 3.80. The number of amides is 2. The van der Waals surface area contributed by atoms with Gasteiger partial charge in [0, 0.05) is 47.2 Å². The third kappa shape index (κ3) is 7.99. The molecular weight excluding hydrogens is 302 g/mol. The highest BCUT2D eigenvalue weighted by Crippen LogP contribution is 2.17. The highest BCUT2D eigenvalue weighted by Gasteiger charge is 2.06. The maximum atomic E-state index is 12.0. The van der Waals surface area contributed by atoms with Crippen LogP contribution in [0.1, 0.15) is 48.8 Å². The van der Waals surface area contributed by atoms with Crippen molar-refractivity contribution in [3.8, 4) is 0 Å². The smallest absolute Gasteiger partial charge is 0.224 e. The molecule has 0 aromatic heterocycles. The summed E-state index contributed by atoms with van der Waals surface area (Å²) in [4.78, 5) is 25.4. The monoisotopic (exact) mass is 337 g/mol. The fourth-order valence-corrected chi connectivity index (χ4v) is 2.27. The minimum atomic E-state index is 0. The van der Waals surface area contributed by atoms with Gasteiger partial charge in [-0.2, -0.15) is 0 Å². The lowest BCUT2D eigenvalue weighted by Crippen LogP contribution is -2.28. The molecule has 1 rings (SSSR count). The Kier molecular flexibility index (Phi) is 8.90. The van der Waals surface area contributed by atoms with Crippen LogP contribution in [0.3, 0.4) is 0 Å². The topological polar surface area (TPSA) is 61.4 Å². The molecule has 0 aliphatic carbocycles. The molecular formula is C19H35N3O2. The van der Waals surface area contributed by atoms with Gasteiger partial charge in [-0.25, -0.2) is 0 Å². The first-order chi connectivity index (χ1) is 11.4. The molecule has 5 heteroatoms. The van der Waals surface area contributed by atoms with E-state index in [0.29, 0.717) is 6.42 Å². The van der Waals surface area contributed by atoms with Crippen molar-refractivity contribution in [2.24, 2.45) is 5.92 Å². The molecule has 0 saturated heterocycles. The van der Waals surface area contributed by atoms with E-state index in [1.165, 1.54) is 0 Å². The molecule has 0 spiro atoms. The van der Waals surface area contributed by atoms with E-state index >= 15 is 0 Å². The second kappa shape index (κ2) is 10.7. The van der Waals surface area contributed by atoms with Crippen LogP contribution in [0.25, 0.3) is 0 Å². The van der Waals surface area contributed by atoms with E-state index in [4.69, 9.17) is 0 Å². The molecule has 0 saturated carbocycles. The number of anilines is 2. The van der Waals surface area contributed by atoms with Crippen molar-refractivity contribution in [1.82, 2.24) is 5.32 Å². The number of carbonyl (C=O) groups excluding carboxylic acids is 2. The molecule has 2 amide bonds. The highest BCUT2D eigenvalue weighted by atomic mass is 16.2. The number of hydrogen-bond acceptors (Lipinski definition) is 3. The molecule has 2 N–H and O–H groups in total. The van der Waals surface area contributed by atoms with Gasteiger partial charge in [0.05, 0.1) is 0 Å². The molecule has 138 valence electrons. The van der Waals surface area contributed by atoms with Crippen LogP contribution in [0, 0.1) is 5.92 Å². The number of hydrogen-bond donors (Lipinski definition) is 2. The van der Waals surface area contributed by atoms with Crippen molar-refractivity contribution in [1.29, 1.82) is 0 Å². The Morgan fingerprint density at radius 3 is 2.50 bits per heavy atom. The number of benzene rings is 1. The van der Waals surface area contributed by atoms with E-state index in [-0.39, 0.29) is 20.6 Å². The van der Waals surface area contributed by atoms with E-state index in [1.54, 1.807) is 0 Å². The van der Waals surface area contributed by atoms with E-state index in [1.807, 2.05) is 57.1 Å². The van der Waals surface area contributed by atoms with E-state index in [0.717, 1.165) is 43.6 Å². The zero-order valence-electron chi connectivity index (χ0n) is 15.4. The molecule has 1 aromatic carbocycles. The van der Waals surface area contributed by atoms with Crippen LogP contribution >= 0.6 is 0 Å². The van der Waals surface area contributed by atoms with Crippen molar-refractivity contribution in [2.45, 2.75) is 46.0 Å². The summed E-state index contributed by atoms with van der Waals surface area (Å²) in [5.74, 6) is 0.202. The molecule has 0 atom stereocenters. The van der Waals surface area contributed by atoms with E-state index < -0.39 is 0 Å². The van der Waals surface area contributed by atoms with Crippen LogP contribution in [0.5, 0.6) is 0 Å². The summed E-state index contributed by atoms with van der Waals surface area (Å²) in [6, 6.07) is 7.82. The van der Waals surface area contributed by atoms with Crippen LogP contribution in [0.15, 0.2) is 24.3 Å². The van der Waals surface area contributed by atoms with Crippen LogP contribution in [0.4, 0.5) is 11.4 Å². The third-order valence-electron chi connectivity index (χ3n) is 3.80. The Morgan fingerprint density at radius 1 is 1.12 bits per heavy atom. The molecule has 5 nitrogen and oxygen atoms in total. The number of nitrogens with one attached hydrogen (secondary N) is 2. The van der Waals surface area contributed by atoms with Gasteiger partial charge < -0.3 is 15.5 Å². The summed E-state index contributed by atoms with van der Waals surface area (Å²) in [6.07, 6.45) is 4.40. The van der Waals surface area contributed by atoms with Gasteiger partial charge in [0.15, 0.2) is 0 Å². The summed E-state index contributed by atoms with van der Waals surface area (Å²) in [7, 11) is 3.95. The number of nitrogens with zero attached hydrogens (tertiary/aromatic N) is 1. The summed E-state index contributed by atoms with van der Waals surface area (Å²) in [5, 5.41) is 5.85. The molecule has 0 unspecified atom stereocenters. The fraction of sp³-hybridized carbons (Fsp3) is 0.579. The van der Waals surface area contributed by atoms with Crippen LogP contribution in [0.2, 0.25) is 0 Å². The van der Waals surface area contributed by atoms with Gasteiger partial charge in [0.2, 0.25) is 11.8 Å². The SMILES string of the molecule is CC(C)C(=O)NCCCCCCC(=O)Nc1cccc(N(C)C)c1.[HH].[HH]. The zero-order chi connectivity index (χ0) is 17.9. The van der Waals surface area contributed by atoms with E-state index in [2.05, 4.69) is 10.6 Å². The Morgan fingerprint density at radius 2 is 1.83 bits per heavy atom. The summed E-state index contributed by atoms with van der Waals surface area (Å²) < 4.78 is 0. The lowest BCUT2D eigenvalue weighted by Gasteiger charge is -2.14. The van der Waals surface area contributed by atoms with Gasteiger partial charge in [-0.1, -0.05) is 32.8 Å². The summed E-state index contributed by atoms with van der Waals surface area (Å²) >= 11 is 0. The van der Waals surface area contributed by atoms with Crippen LogP contribution < -0.4 is 15.5 Å². The van der Waals surface area contributed by atoms with Gasteiger partial charge in [-0.15, -0.1) is 0 Å². The lowest BCUT2D eigenvalue weighted by molar-refractivity contribution is -0.124. The summed E-state index contributed by atoms with van der Waals surface area (Å²) in [5.41, 5.74) is 1.90. The Labute approximate surface area is 148 Å². The molecule has 0 aliphatic rings. The molecule has 0 fully saturated rings.